The van der Waals surface area contributed by atoms with E-state index in [1.807, 2.05) is 0 Å². The third kappa shape index (κ3) is 3.58. The molecule has 3 rings (SSSR count). The van der Waals surface area contributed by atoms with E-state index in [0.717, 1.165) is 24.8 Å². The van der Waals surface area contributed by atoms with Gasteiger partial charge in [0.1, 0.15) is 0 Å². The average molecular weight is 298 g/mol. The Labute approximate surface area is 128 Å². The molecule has 2 aromatic heterocycles. The van der Waals surface area contributed by atoms with Gasteiger partial charge in [0.15, 0.2) is 0 Å². The first-order chi connectivity index (χ1) is 10.8. The fourth-order valence-electron chi connectivity index (χ4n) is 2.47. The van der Waals surface area contributed by atoms with Gasteiger partial charge in [-0.05, 0) is 44.2 Å². The standard InChI is InChI=1S/C16H18N4O2/c21-14(18-11-6-12-4-2-1-3-5-12)16-20-19-15(22-16)13-7-9-17-10-8-13/h4,7-10H,1-3,5-6,11H2,(H,18,21). The van der Waals surface area contributed by atoms with Gasteiger partial charge in [-0.25, -0.2) is 0 Å². The Bertz CT molecular complexity index is 664. The van der Waals surface area contributed by atoms with Crippen molar-refractivity contribution in [1.82, 2.24) is 20.5 Å². The zero-order valence-electron chi connectivity index (χ0n) is 12.3. The second kappa shape index (κ2) is 6.98. The first-order valence-electron chi connectivity index (χ1n) is 7.53. The highest BCUT2D eigenvalue weighted by molar-refractivity contribution is 5.89. The van der Waals surface area contributed by atoms with Crippen molar-refractivity contribution < 1.29 is 9.21 Å². The number of nitrogens with zero attached hydrogens (tertiary/aromatic N) is 3. The Hall–Kier alpha value is -2.50. The van der Waals surface area contributed by atoms with Gasteiger partial charge < -0.3 is 9.73 Å². The summed E-state index contributed by atoms with van der Waals surface area (Å²) in [7, 11) is 0. The molecule has 6 heteroatoms. The van der Waals surface area contributed by atoms with Crippen LogP contribution in [-0.4, -0.2) is 27.6 Å². The molecule has 6 nitrogen and oxygen atoms in total. The third-order valence-electron chi connectivity index (χ3n) is 3.66. The number of aromatic nitrogens is 3. The van der Waals surface area contributed by atoms with Gasteiger partial charge in [0, 0.05) is 24.5 Å². The quantitative estimate of drug-likeness (QED) is 0.858. The lowest BCUT2D eigenvalue weighted by atomic mass is 9.97. The number of carbonyl (C=O) groups excluding carboxylic acids is 1. The molecule has 1 N–H and O–H groups in total. The van der Waals surface area contributed by atoms with Crippen molar-refractivity contribution in [3.8, 4) is 11.5 Å². The van der Waals surface area contributed by atoms with E-state index in [2.05, 4.69) is 26.6 Å². The average Bonchev–Trinajstić information content (AvgIpc) is 3.07. The lowest BCUT2D eigenvalue weighted by Crippen LogP contribution is -2.25. The number of hydrogen-bond donors (Lipinski definition) is 1. The monoisotopic (exact) mass is 298 g/mol. The van der Waals surface area contributed by atoms with E-state index in [9.17, 15) is 4.79 Å². The summed E-state index contributed by atoms with van der Waals surface area (Å²) in [4.78, 5) is 15.9. The molecule has 2 aromatic rings. The summed E-state index contributed by atoms with van der Waals surface area (Å²) in [6, 6.07) is 3.51. The largest absolute Gasteiger partial charge is 0.412 e. The number of hydrogen-bond acceptors (Lipinski definition) is 5. The molecule has 1 aliphatic rings. The molecule has 1 aliphatic carbocycles. The van der Waals surface area contributed by atoms with Crippen LogP contribution in [0, 0.1) is 0 Å². The minimum Gasteiger partial charge on any atom is -0.412 e. The van der Waals surface area contributed by atoms with Crippen LogP contribution in [0.5, 0.6) is 0 Å². The Balaban J connectivity index is 1.54. The van der Waals surface area contributed by atoms with Crippen LogP contribution in [0.4, 0.5) is 0 Å². The molecule has 1 amide bonds. The number of rotatable bonds is 5. The summed E-state index contributed by atoms with van der Waals surface area (Å²) < 4.78 is 5.40. The molecule has 114 valence electrons. The maximum absolute atomic E-state index is 12.0. The van der Waals surface area contributed by atoms with E-state index in [-0.39, 0.29) is 11.8 Å². The minimum atomic E-state index is -0.329. The van der Waals surface area contributed by atoms with Crippen molar-refractivity contribution in [2.24, 2.45) is 0 Å². The Kier molecular flexibility index (Phi) is 4.58. The van der Waals surface area contributed by atoms with Gasteiger partial charge in [0.05, 0.1) is 0 Å². The van der Waals surface area contributed by atoms with E-state index >= 15 is 0 Å². The molecular weight excluding hydrogens is 280 g/mol. The molecule has 0 bridgehead atoms. The smallest absolute Gasteiger partial charge is 0.308 e. The molecule has 2 heterocycles. The predicted molar refractivity (Wildman–Crippen MR) is 81.0 cm³/mol. The van der Waals surface area contributed by atoms with E-state index in [1.54, 1.807) is 24.5 Å². The van der Waals surface area contributed by atoms with Crippen molar-refractivity contribution in [3.63, 3.8) is 0 Å². The maximum atomic E-state index is 12.0. The maximum Gasteiger partial charge on any atom is 0.308 e. The first-order valence-corrected chi connectivity index (χ1v) is 7.53. The number of allylic oxidation sites excluding steroid dienone is 1. The lowest BCUT2D eigenvalue weighted by Gasteiger charge is -2.12. The van der Waals surface area contributed by atoms with E-state index in [4.69, 9.17) is 4.42 Å². The van der Waals surface area contributed by atoms with Crippen LogP contribution in [0.3, 0.4) is 0 Å². The molecule has 0 aromatic carbocycles. The van der Waals surface area contributed by atoms with Gasteiger partial charge in [-0.3, -0.25) is 9.78 Å². The lowest BCUT2D eigenvalue weighted by molar-refractivity contribution is 0.0920. The summed E-state index contributed by atoms with van der Waals surface area (Å²) >= 11 is 0. The van der Waals surface area contributed by atoms with Gasteiger partial charge in [0.2, 0.25) is 5.89 Å². The van der Waals surface area contributed by atoms with Gasteiger partial charge in [-0.2, -0.15) is 0 Å². The topological polar surface area (TPSA) is 80.9 Å². The number of carbonyl (C=O) groups is 1. The van der Waals surface area contributed by atoms with Crippen molar-refractivity contribution >= 4 is 5.91 Å². The van der Waals surface area contributed by atoms with E-state index in [0.29, 0.717) is 12.4 Å². The van der Waals surface area contributed by atoms with Gasteiger partial charge in [-0.15, -0.1) is 10.2 Å². The molecule has 0 atom stereocenters. The van der Waals surface area contributed by atoms with Crippen LogP contribution in [0.1, 0.15) is 42.8 Å². The van der Waals surface area contributed by atoms with Crippen LogP contribution in [0.2, 0.25) is 0 Å². The van der Waals surface area contributed by atoms with Crippen LogP contribution in [0.15, 0.2) is 40.6 Å². The second-order valence-corrected chi connectivity index (χ2v) is 5.26. The Morgan fingerprint density at radius 3 is 2.86 bits per heavy atom. The summed E-state index contributed by atoms with van der Waals surface area (Å²) in [6.45, 7) is 0.595. The molecule has 0 fully saturated rings. The van der Waals surface area contributed by atoms with Gasteiger partial charge in [0.25, 0.3) is 0 Å². The van der Waals surface area contributed by atoms with E-state index < -0.39 is 0 Å². The molecular formula is C16H18N4O2. The highest BCUT2D eigenvalue weighted by Crippen LogP contribution is 2.19. The first kappa shape index (κ1) is 14.4. The van der Waals surface area contributed by atoms with Crippen molar-refractivity contribution in [1.29, 1.82) is 0 Å². The Morgan fingerprint density at radius 1 is 1.23 bits per heavy atom. The number of nitrogens with one attached hydrogen (secondary N) is 1. The van der Waals surface area contributed by atoms with Crippen molar-refractivity contribution in [2.75, 3.05) is 6.54 Å². The SMILES string of the molecule is O=C(NCCC1=CCCCC1)c1nnc(-c2ccncc2)o1. The summed E-state index contributed by atoms with van der Waals surface area (Å²) in [5.41, 5.74) is 2.17. The summed E-state index contributed by atoms with van der Waals surface area (Å²) in [5, 5.41) is 10.5. The zero-order chi connectivity index (χ0) is 15.2. The van der Waals surface area contributed by atoms with Crippen LogP contribution in [-0.2, 0) is 0 Å². The second-order valence-electron chi connectivity index (χ2n) is 5.26. The van der Waals surface area contributed by atoms with E-state index in [1.165, 1.54) is 18.4 Å². The number of amides is 1. The molecule has 0 unspecified atom stereocenters. The highest BCUT2D eigenvalue weighted by Gasteiger charge is 2.15. The van der Waals surface area contributed by atoms with Gasteiger partial charge in [-0.1, -0.05) is 11.6 Å². The summed E-state index contributed by atoms with van der Waals surface area (Å²) in [6.07, 6.45) is 11.3. The van der Waals surface area contributed by atoms with Crippen LogP contribution >= 0.6 is 0 Å². The molecule has 0 spiro atoms. The minimum absolute atomic E-state index is 0.00978. The zero-order valence-corrected chi connectivity index (χ0v) is 12.3. The fraction of sp³-hybridized carbons (Fsp3) is 0.375. The molecule has 0 saturated carbocycles. The number of pyridine rings is 1. The summed E-state index contributed by atoms with van der Waals surface area (Å²) in [5.74, 6) is -0.0174. The predicted octanol–water partition coefficient (Wildman–Crippen LogP) is 2.75. The molecule has 0 saturated heterocycles. The van der Waals surface area contributed by atoms with Crippen molar-refractivity contribution in [3.05, 3.63) is 42.1 Å². The molecule has 0 radical (unpaired) electrons. The molecule has 0 aliphatic heterocycles. The normalized spacial score (nSPS) is 14.5. The van der Waals surface area contributed by atoms with Gasteiger partial charge >= 0.3 is 11.8 Å². The Morgan fingerprint density at radius 2 is 2.09 bits per heavy atom. The van der Waals surface area contributed by atoms with Crippen LogP contribution < -0.4 is 5.32 Å². The third-order valence-corrected chi connectivity index (χ3v) is 3.66. The highest BCUT2D eigenvalue weighted by atomic mass is 16.4. The van der Waals surface area contributed by atoms with Crippen LogP contribution in [0.25, 0.3) is 11.5 Å². The van der Waals surface area contributed by atoms with Crippen molar-refractivity contribution in [2.45, 2.75) is 32.1 Å². The fourth-order valence-corrected chi connectivity index (χ4v) is 2.47. The molecule has 22 heavy (non-hydrogen) atoms.